The van der Waals surface area contributed by atoms with Gasteiger partial charge in [-0.15, -0.1) is 0 Å². The summed E-state index contributed by atoms with van der Waals surface area (Å²) in [7, 11) is 0. The van der Waals surface area contributed by atoms with Crippen molar-refractivity contribution >= 4 is 0 Å². The molecular formula is C15H26N2O. The molecule has 3 heteroatoms. The van der Waals surface area contributed by atoms with Crippen molar-refractivity contribution in [3.63, 3.8) is 0 Å². The molecule has 0 unspecified atom stereocenters. The molecule has 0 amide bonds. The fraction of sp³-hybridized carbons (Fsp3) is 0.600. The van der Waals surface area contributed by atoms with E-state index >= 15 is 0 Å². The Bertz CT molecular complexity index is 327. The van der Waals surface area contributed by atoms with Crippen molar-refractivity contribution in [3.05, 3.63) is 35.9 Å². The number of hydrogen-bond donors (Lipinski definition) is 3. The van der Waals surface area contributed by atoms with Gasteiger partial charge in [0.1, 0.15) is 0 Å². The minimum absolute atomic E-state index is 0.0295. The SMILES string of the molecule is CC(C)C[C@H](N)C[C@H](O)[C@@H](N)Cc1ccccc1. The number of aliphatic hydroxyl groups excluding tert-OH is 1. The van der Waals surface area contributed by atoms with Crippen LogP contribution in [0.1, 0.15) is 32.3 Å². The van der Waals surface area contributed by atoms with Crippen LogP contribution in [0.4, 0.5) is 0 Å². The molecule has 0 radical (unpaired) electrons. The van der Waals surface area contributed by atoms with Gasteiger partial charge in [-0.2, -0.15) is 0 Å². The summed E-state index contributed by atoms with van der Waals surface area (Å²) in [6.07, 6.45) is 1.66. The van der Waals surface area contributed by atoms with Gasteiger partial charge in [-0.3, -0.25) is 0 Å². The molecule has 102 valence electrons. The average Bonchev–Trinajstić information content (AvgIpc) is 2.28. The van der Waals surface area contributed by atoms with E-state index in [1.807, 2.05) is 30.3 Å². The van der Waals surface area contributed by atoms with Gasteiger partial charge in [0.25, 0.3) is 0 Å². The first-order valence-corrected chi connectivity index (χ1v) is 6.72. The van der Waals surface area contributed by atoms with Crippen molar-refractivity contribution in [2.24, 2.45) is 17.4 Å². The van der Waals surface area contributed by atoms with Gasteiger partial charge in [0.15, 0.2) is 0 Å². The molecule has 0 spiro atoms. The summed E-state index contributed by atoms with van der Waals surface area (Å²) < 4.78 is 0. The summed E-state index contributed by atoms with van der Waals surface area (Å²) in [4.78, 5) is 0. The maximum atomic E-state index is 10.1. The van der Waals surface area contributed by atoms with Gasteiger partial charge in [0.05, 0.1) is 6.10 Å². The molecule has 0 aliphatic carbocycles. The zero-order valence-electron chi connectivity index (χ0n) is 11.4. The second-order valence-electron chi connectivity index (χ2n) is 5.55. The van der Waals surface area contributed by atoms with Crippen molar-refractivity contribution in [1.82, 2.24) is 0 Å². The molecule has 0 aliphatic rings. The van der Waals surface area contributed by atoms with E-state index in [-0.39, 0.29) is 12.1 Å². The second-order valence-corrected chi connectivity index (χ2v) is 5.55. The maximum absolute atomic E-state index is 10.1. The smallest absolute Gasteiger partial charge is 0.0709 e. The minimum Gasteiger partial charge on any atom is -0.391 e. The van der Waals surface area contributed by atoms with E-state index in [0.29, 0.717) is 18.8 Å². The van der Waals surface area contributed by atoms with Crippen molar-refractivity contribution in [1.29, 1.82) is 0 Å². The highest BCUT2D eigenvalue weighted by atomic mass is 16.3. The Hall–Kier alpha value is -0.900. The third kappa shape index (κ3) is 5.63. The molecular weight excluding hydrogens is 224 g/mol. The summed E-state index contributed by atoms with van der Waals surface area (Å²) in [6, 6.07) is 9.79. The van der Waals surface area contributed by atoms with Crippen LogP contribution in [0.2, 0.25) is 0 Å². The first-order chi connectivity index (χ1) is 8.49. The first kappa shape index (κ1) is 15.2. The van der Waals surface area contributed by atoms with Crippen LogP contribution >= 0.6 is 0 Å². The van der Waals surface area contributed by atoms with Crippen LogP contribution in [0.5, 0.6) is 0 Å². The Morgan fingerprint density at radius 3 is 2.22 bits per heavy atom. The highest BCUT2D eigenvalue weighted by Gasteiger charge is 2.18. The van der Waals surface area contributed by atoms with Gasteiger partial charge in [0.2, 0.25) is 0 Å². The number of rotatable bonds is 7. The fourth-order valence-corrected chi connectivity index (χ4v) is 2.21. The lowest BCUT2D eigenvalue weighted by atomic mass is 9.94. The van der Waals surface area contributed by atoms with Crippen LogP contribution in [-0.4, -0.2) is 23.3 Å². The normalized spacial score (nSPS) is 16.6. The molecule has 1 aromatic carbocycles. The molecule has 3 nitrogen and oxygen atoms in total. The van der Waals surface area contributed by atoms with Crippen molar-refractivity contribution in [2.45, 2.75) is 51.3 Å². The summed E-state index contributed by atoms with van der Waals surface area (Å²) in [5.41, 5.74) is 13.2. The summed E-state index contributed by atoms with van der Waals surface area (Å²) in [5.74, 6) is 0.553. The molecule has 0 fully saturated rings. The number of nitrogens with two attached hydrogens (primary N) is 2. The highest BCUT2D eigenvalue weighted by molar-refractivity contribution is 5.16. The average molecular weight is 250 g/mol. The molecule has 1 rings (SSSR count). The van der Waals surface area contributed by atoms with E-state index in [1.54, 1.807) is 0 Å². The zero-order chi connectivity index (χ0) is 13.5. The van der Waals surface area contributed by atoms with Gasteiger partial charge in [-0.25, -0.2) is 0 Å². The van der Waals surface area contributed by atoms with Gasteiger partial charge in [-0.1, -0.05) is 44.2 Å². The predicted octanol–water partition coefficient (Wildman–Crippen LogP) is 1.68. The number of hydrogen-bond acceptors (Lipinski definition) is 3. The molecule has 0 saturated heterocycles. The van der Waals surface area contributed by atoms with E-state index in [4.69, 9.17) is 11.5 Å². The largest absolute Gasteiger partial charge is 0.391 e. The van der Waals surface area contributed by atoms with Gasteiger partial charge in [-0.05, 0) is 30.7 Å². The van der Waals surface area contributed by atoms with Crippen LogP contribution in [0, 0.1) is 5.92 Å². The van der Waals surface area contributed by atoms with Crippen LogP contribution in [-0.2, 0) is 6.42 Å². The molecule has 1 aromatic rings. The Labute approximate surface area is 110 Å². The third-order valence-corrected chi connectivity index (χ3v) is 3.13. The van der Waals surface area contributed by atoms with E-state index in [0.717, 1.165) is 12.0 Å². The molecule has 0 aliphatic heterocycles. The Kier molecular flexibility index (Phi) is 6.33. The van der Waals surface area contributed by atoms with E-state index < -0.39 is 6.10 Å². The second kappa shape index (κ2) is 7.52. The first-order valence-electron chi connectivity index (χ1n) is 6.72. The van der Waals surface area contributed by atoms with E-state index in [9.17, 15) is 5.11 Å². The molecule has 18 heavy (non-hydrogen) atoms. The molecule has 0 aromatic heterocycles. The van der Waals surface area contributed by atoms with Crippen molar-refractivity contribution < 1.29 is 5.11 Å². The topological polar surface area (TPSA) is 72.3 Å². The Morgan fingerprint density at radius 1 is 1.06 bits per heavy atom. The lowest BCUT2D eigenvalue weighted by molar-refractivity contribution is 0.123. The molecule has 0 bridgehead atoms. The summed E-state index contributed by atoms with van der Waals surface area (Å²) in [5, 5.41) is 10.1. The van der Waals surface area contributed by atoms with Crippen molar-refractivity contribution in [2.75, 3.05) is 0 Å². The van der Waals surface area contributed by atoms with Gasteiger partial charge < -0.3 is 16.6 Å². The van der Waals surface area contributed by atoms with Crippen LogP contribution in [0.3, 0.4) is 0 Å². The lowest BCUT2D eigenvalue weighted by Crippen LogP contribution is -2.41. The van der Waals surface area contributed by atoms with E-state index in [2.05, 4.69) is 13.8 Å². The highest BCUT2D eigenvalue weighted by Crippen LogP contribution is 2.12. The van der Waals surface area contributed by atoms with Crippen molar-refractivity contribution in [3.8, 4) is 0 Å². The molecule has 0 saturated carbocycles. The Balaban J connectivity index is 2.39. The standard InChI is InChI=1S/C15H26N2O/c1-11(2)8-13(16)10-15(18)14(17)9-12-6-4-3-5-7-12/h3-7,11,13-15,18H,8-10,16-17H2,1-2H3/t13-,14-,15-/m0/s1. The number of aliphatic hydroxyl groups is 1. The summed E-state index contributed by atoms with van der Waals surface area (Å²) in [6.45, 7) is 4.27. The van der Waals surface area contributed by atoms with Crippen LogP contribution in [0.25, 0.3) is 0 Å². The van der Waals surface area contributed by atoms with E-state index in [1.165, 1.54) is 0 Å². The number of benzene rings is 1. The minimum atomic E-state index is -0.529. The van der Waals surface area contributed by atoms with Gasteiger partial charge in [0, 0.05) is 12.1 Å². The molecule has 0 heterocycles. The Morgan fingerprint density at radius 2 is 1.67 bits per heavy atom. The fourth-order valence-electron chi connectivity index (χ4n) is 2.21. The molecule has 5 N–H and O–H groups in total. The monoisotopic (exact) mass is 250 g/mol. The predicted molar refractivity (Wildman–Crippen MR) is 76.2 cm³/mol. The van der Waals surface area contributed by atoms with Gasteiger partial charge >= 0.3 is 0 Å². The van der Waals surface area contributed by atoms with Crippen LogP contribution in [0.15, 0.2) is 30.3 Å². The maximum Gasteiger partial charge on any atom is 0.0709 e. The summed E-state index contributed by atoms with van der Waals surface area (Å²) >= 11 is 0. The zero-order valence-corrected chi connectivity index (χ0v) is 11.4. The lowest BCUT2D eigenvalue weighted by Gasteiger charge is -2.23. The third-order valence-electron chi connectivity index (χ3n) is 3.13. The molecule has 3 atom stereocenters. The quantitative estimate of drug-likeness (QED) is 0.689. The van der Waals surface area contributed by atoms with Crippen LogP contribution < -0.4 is 11.5 Å².